The van der Waals surface area contributed by atoms with E-state index in [4.69, 9.17) is 0 Å². The Morgan fingerprint density at radius 3 is 2.47 bits per heavy atom. The molecule has 15 heavy (non-hydrogen) atoms. The number of rotatable bonds is 5. The number of thioether (sulfide) groups is 1. The molecule has 1 aromatic carbocycles. The lowest BCUT2D eigenvalue weighted by Gasteiger charge is -2.00. The van der Waals surface area contributed by atoms with Crippen molar-refractivity contribution in [2.75, 3.05) is 18.6 Å². The predicted molar refractivity (Wildman–Crippen MR) is 60.1 cm³/mol. The third-order valence-corrected chi connectivity index (χ3v) is 2.68. The van der Waals surface area contributed by atoms with Crippen molar-refractivity contribution in [1.82, 2.24) is 0 Å². The summed E-state index contributed by atoms with van der Waals surface area (Å²) >= 11 is 1.26. The lowest BCUT2D eigenvalue weighted by molar-refractivity contribution is -0.137. The number of carbonyl (C=O) groups excluding carboxylic acids is 2. The largest absolute Gasteiger partial charge is 0.468 e. The van der Waals surface area contributed by atoms with Crippen LogP contribution in [0, 0.1) is 0 Å². The fraction of sp³-hybridized carbons (Fsp3) is 0.273. The smallest absolute Gasteiger partial charge is 0.315 e. The summed E-state index contributed by atoms with van der Waals surface area (Å²) in [5.74, 6) is 0.249. The van der Waals surface area contributed by atoms with Crippen LogP contribution in [0.4, 0.5) is 0 Å². The highest BCUT2D eigenvalue weighted by atomic mass is 32.2. The first kappa shape index (κ1) is 11.8. The van der Waals surface area contributed by atoms with Crippen molar-refractivity contribution in [3.63, 3.8) is 0 Å². The molecule has 1 aromatic rings. The first-order valence-corrected chi connectivity index (χ1v) is 5.62. The second-order valence-corrected chi connectivity index (χ2v) is 3.84. The van der Waals surface area contributed by atoms with Crippen molar-refractivity contribution in [3.05, 3.63) is 35.9 Å². The van der Waals surface area contributed by atoms with E-state index in [0.29, 0.717) is 11.3 Å². The maximum absolute atomic E-state index is 11.5. The maximum Gasteiger partial charge on any atom is 0.315 e. The molecule has 0 heterocycles. The number of Topliss-reactive ketones (excluding diaryl/α,β-unsaturated/α-hetero) is 1. The zero-order valence-corrected chi connectivity index (χ0v) is 9.25. The van der Waals surface area contributed by atoms with Crippen molar-refractivity contribution in [2.24, 2.45) is 0 Å². The normalized spacial score (nSPS) is 9.67. The number of ether oxygens (including phenoxy) is 1. The summed E-state index contributed by atoms with van der Waals surface area (Å²) < 4.78 is 4.47. The molecular weight excluding hydrogens is 212 g/mol. The molecule has 0 amide bonds. The summed E-state index contributed by atoms with van der Waals surface area (Å²) in [5.41, 5.74) is 0.676. The first-order chi connectivity index (χ1) is 7.24. The summed E-state index contributed by atoms with van der Waals surface area (Å²) in [6.07, 6.45) is 0. The predicted octanol–water partition coefficient (Wildman–Crippen LogP) is 1.78. The molecule has 80 valence electrons. The second-order valence-electron chi connectivity index (χ2n) is 2.86. The quantitative estimate of drug-likeness (QED) is 0.565. The minimum atomic E-state index is -0.305. The molecule has 3 nitrogen and oxygen atoms in total. The van der Waals surface area contributed by atoms with E-state index in [-0.39, 0.29) is 17.5 Å². The van der Waals surface area contributed by atoms with Gasteiger partial charge < -0.3 is 4.74 Å². The molecule has 0 fully saturated rings. The van der Waals surface area contributed by atoms with Gasteiger partial charge in [0.05, 0.1) is 18.6 Å². The molecule has 0 radical (unpaired) electrons. The van der Waals surface area contributed by atoms with Gasteiger partial charge in [-0.2, -0.15) is 0 Å². The molecule has 0 spiro atoms. The Bertz CT molecular complexity index is 335. The summed E-state index contributed by atoms with van der Waals surface area (Å²) in [7, 11) is 1.34. The van der Waals surface area contributed by atoms with Gasteiger partial charge in [0.2, 0.25) is 0 Å². The van der Waals surface area contributed by atoms with Gasteiger partial charge in [-0.05, 0) is 0 Å². The van der Waals surface area contributed by atoms with Gasteiger partial charge in [-0.1, -0.05) is 30.3 Å². The van der Waals surface area contributed by atoms with Gasteiger partial charge in [0, 0.05) is 5.56 Å². The molecular formula is C11H12O3S. The zero-order chi connectivity index (χ0) is 11.1. The van der Waals surface area contributed by atoms with E-state index in [2.05, 4.69) is 4.74 Å². The standard InChI is InChI=1S/C11H12O3S/c1-14-11(13)8-15-7-10(12)9-5-3-2-4-6-9/h2-6H,7-8H2,1H3. The van der Waals surface area contributed by atoms with E-state index >= 15 is 0 Å². The van der Waals surface area contributed by atoms with Gasteiger partial charge in [-0.25, -0.2) is 0 Å². The molecule has 0 aliphatic heterocycles. The number of benzene rings is 1. The molecule has 0 aromatic heterocycles. The number of hydrogen-bond acceptors (Lipinski definition) is 4. The third-order valence-electron chi connectivity index (χ3n) is 1.78. The minimum absolute atomic E-state index is 0.0319. The lowest BCUT2D eigenvalue weighted by atomic mass is 10.2. The lowest BCUT2D eigenvalue weighted by Crippen LogP contribution is -2.08. The van der Waals surface area contributed by atoms with E-state index in [1.807, 2.05) is 18.2 Å². The Labute approximate surface area is 92.8 Å². The van der Waals surface area contributed by atoms with Gasteiger partial charge in [-0.15, -0.1) is 11.8 Å². The van der Waals surface area contributed by atoms with Gasteiger partial charge in [0.1, 0.15) is 0 Å². The van der Waals surface area contributed by atoms with Gasteiger partial charge in [-0.3, -0.25) is 9.59 Å². The van der Waals surface area contributed by atoms with Crippen LogP contribution in [0.1, 0.15) is 10.4 Å². The average Bonchev–Trinajstić information content (AvgIpc) is 2.29. The van der Waals surface area contributed by atoms with Crippen LogP contribution in [0.3, 0.4) is 0 Å². The highest BCUT2D eigenvalue weighted by Crippen LogP contribution is 2.07. The summed E-state index contributed by atoms with van der Waals surface area (Å²) in [4.78, 5) is 22.3. The summed E-state index contributed by atoms with van der Waals surface area (Å²) in [6, 6.07) is 9.02. The molecule has 0 N–H and O–H groups in total. The minimum Gasteiger partial charge on any atom is -0.468 e. The number of esters is 1. The van der Waals surface area contributed by atoms with Crippen LogP contribution < -0.4 is 0 Å². The molecule has 0 atom stereocenters. The molecule has 0 unspecified atom stereocenters. The fourth-order valence-electron chi connectivity index (χ4n) is 0.993. The molecule has 0 aliphatic rings. The topological polar surface area (TPSA) is 43.4 Å². The van der Waals surface area contributed by atoms with Crippen LogP contribution in [0.2, 0.25) is 0 Å². The average molecular weight is 224 g/mol. The Morgan fingerprint density at radius 2 is 1.87 bits per heavy atom. The molecule has 1 rings (SSSR count). The highest BCUT2D eigenvalue weighted by molar-refractivity contribution is 8.00. The Morgan fingerprint density at radius 1 is 1.20 bits per heavy atom. The van der Waals surface area contributed by atoms with Gasteiger partial charge in [0.25, 0.3) is 0 Å². The SMILES string of the molecule is COC(=O)CSCC(=O)c1ccccc1. The summed E-state index contributed by atoms with van der Waals surface area (Å²) in [6.45, 7) is 0. The van der Waals surface area contributed by atoms with Crippen LogP contribution in [-0.4, -0.2) is 30.4 Å². The second kappa shape index (κ2) is 6.24. The van der Waals surface area contributed by atoms with Crippen LogP contribution in [0.25, 0.3) is 0 Å². The molecule has 4 heteroatoms. The van der Waals surface area contributed by atoms with E-state index in [1.165, 1.54) is 18.9 Å². The van der Waals surface area contributed by atoms with Crippen LogP contribution in [-0.2, 0) is 9.53 Å². The monoisotopic (exact) mass is 224 g/mol. The maximum atomic E-state index is 11.5. The van der Waals surface area contributed by atoms with Crippen LogP contribution >= 0.6 is 11.8 Å². The Kier molecular flexibility index (Phi) is 4.90. The van der Waals surface area contributed by atoms with E-state index in [0.717, 1.165) is 0 Å². The van der Waals surface area contributed by atoms with E-state index < -0.39 is 0 Å². The fourth-order valence-corrected chi connectivity index (χ4v) is 1.73. The van der Waals surface area contributed by atoms with Crippen molar-refractivity contribution in [3.8, 4) is 0 Å². The molecule has 0 bridgehead atoms. The van der Waals surface area contributed by atoms with Gasteiger partial charge in [0.15, 0.2) is 5.78 Å². The number of carbonyl (C=O) groups is 2. The Balaban J connectivity index is 2.34. The Hall–Kier alpha value is -1.29. The number of hydrogen-bond donors (Lipinski definition) is 0. The molecule has 0 saturated carbocycles. The van der Waals surface area contributed by atoms with E-state index in [1.54, 1.807) is 12.1 Å². The molecule has 0 aliphatic carbocycles. The third kappa shape index (κ3) is 4.16. The molecule has 0 saturated heterocycles. The van der Waals surface area contributed by atoms with Gasteiger partial charge >= 0.3 is 5.97 Å². The van der Waals surface area contributed by atoms with Crippen molar-refractivity contribution in [2.45, 2.75) is 0 Å². The van der Waals surface area contributed by atoms with E-state index in [9.17, 15) is 9.59 Å². The first-order valence-electron chi connectivity index (χ1n) is 4.47. The zero-order valence-electron chi connectivity index (χ0n) is 8.43. The number of ketones is 1. The van der Waals surface area contributed by atoms with Crippen LogP contribution in [0.5, 0.6) is 0 Å². The van der Waals surface area contributed by atoms with Crippen molar-refractivity contribution in [1.29, 1.82) is 0 Å². The summed E-state index contributed by atoms with van der Waals surface area (Å²) in [5, 5.41) is 0. The van der Waals surface area contributed by atoms with Crippen molar-refractivity contribution >= 4 is 23.5 Å². The highest BCUT2D eigenvalue weighted by Gasteiger charge is 2.06. The van der Waals surface area contributed by atoms with Crippen molar-refractivity contribution < 1.29 is 14.3 Å². The number of methoxy groups -OCH3 is 1. The van der Waals surface area contributed by atoms with Crippen LogP contribution in [0.15, 0.2) is 30.3 Å².